The zero-order chi connectivity index (χ0) is 19.4. The van der Waals surface area contributed by atoms with Crippen LogP contribution < -0.4 is 5.32 Å². The van der Waals surface area contributed by atoms with Crippen LogP contribution in [0.5, 0.6) is 0 Å². The highest BCUT2D eigenvalue weighted by Crippen LogP contribution is 2.47. The Kier molecular flexibility index (Phi) is 2.57. The number of rotatable bonds is 0. The van der Waals surface area contributed by atoms with E-state index < -0.39 is 0 Å². The lowest BCUT2D eigenvalue weighted by atomic mass is 9.96. The molecule has 1 atom stereocenters. The van der Waals surface area contributed by atoms with E-state index in [1.165, 1.54) is 0 Å². The zero-order valence-corrected chi connectivity index (χ0v) is 15.8. The summed E-state index contributed by atoms with van der Waals surface area (Å²) >= 11 is 0. The van der Waals surface area contributed by atoms with Crippen molar-refractivity contribution >= 4 is 55.4 Å². The molecule has 7 rings (SSSR count). The largest absolute Gasteiger partial charge is 0.339 e. The third kappa shape index (κ3) is 1.60. The van der Waals surface area contributed by atoms with Crippen LogP contribution in [0.25, 0.3) is 43.6 Å². The van der Waals surface area contributed by atoms with Gasteiger partial charge in [-0.15, -0.1) is 0 Å². The molecule has 4 heterocycles. The van der Waals surface area contributed by atoms with E-state index in [9.17, 15) is 9.59 Å². The third-order valence-corrected chi connectivity index (χ3v) is 6.75. The molecule has 0 spiro atoms. The highest BCUT2D eigenvalue weighted by Gasteiger charge is 2.37. The molecule has 0 radical (unpaired) electrons. The van der Waals surface area contributed by atoms with Crippen LogP contribution >= 0.6 is 0 Å². The van der Waals surface area contributed by atoms with E-state index in [0.717, 1.165) is 56.6 Å². The van der Waals surface area contributed by atoms with E-state index in [2.05, 4.69) is 45.6 Å². The molecule has 5 heteroatoms. The summed E-state index contributed by atoms with van der Waals surface area (Å²) in [7, 11) is 0. The predicted molar refractivity (Wildman–Crippen MR) is 114 cm³/mol. The van der Waals surface area contributed by atoms with E-state index in [4.69, 9.17) is 0 Å². The topological polar surface area (TPSA) is 56.0 Å². The van der Waals surface area contributed by atoms with Crippen molar-refractivity contribution in [2.75, 3.05) is 0 Å². The Bertz CT molecular complexity index is 1580. The normalized spacial score (nSPS) is 18.3. The van der Waals surface area contributed by atoms with Crippen LogP contribution in [0.15, 0.2) is 48.5 Å². The van der Waals surface area contributed by atoms with E-state index in [0.29, 0.717) is 11.1 Å². The van der Waals surface area contributed by atoms with Gasteiger partial charge in [0.15, 0.2) is 0 Å². The van der Waals surface area contributed by atoms with Crippen LogP contribution in [-0.2, 0) is 6.54 Å². The minimum absolute atomic E-state index is 0.288. The number of carbonyl (C=O) groups is 2. The van der Waals surface area contributed by atoms with Crippen molar-refractivity contribution < 1.29 is 9.59 Å². The standard InChI is InChI=1S/C24H17N3O2/c1-12-10-11-26-15-8-4-2-6-13(15)17-19-20(24(29)25-23(19)28)18-14-7-3-5-9-16(14)27(12)22(18)21(17)26/h2-9,12H,10-11H2,1H3,(H,25,28,29). The minimum Gasteiger partial charge on any atom is -0.339 e. The molecule has 5 nitrogen and oxygen atoms in total. The molecule has 1 unspecified atom stereocenters. The monoisotopic (exact) mass is 379 g/mol. The molecule has 1 N–H and O–H groups in total. The Labute approximate surface area is 165 Å². The molecule has 2 aliphatic heterocycles. The summed E-state index contributed by atoms with van der Waals surface area (Å²) in [5, 5.41) is 6.46. The number of aromatic nitrogens is 2. The summed E-state index contributed by atoms with van der Waals surface area (Å²) in [6.45, 7) is 3.12. The van der Waals surface area contributed by atoms with Crippen molar-refractivity contribution in [1.82, 2.24) is 14.5 Å². The molecule has 0 saturated carbocycles. The second-order valence-corrected chi connectivity index (χ2v) is 8.17. The van der Waals surface area contributed by atoms with Gasteiger partial charge in [0.2, 0.25) is 0 Å². The quantitative estimate of drug-likeness (QED) is 0.395. The molecule has 0 saturated heterocycles. The van der Waals surface area contributed by atoms with E-state index in [1.807, 2.05) is 24.3 Å². The summed E-state index contributed by atoms with van der Waals surface area (Å²) in [5.41, 5.74) is 5.46. The maximum atomic E-state index is 13.0. The number of amides is 2. The first kappa shape index (κ1) is 15.3. The van der Waals surface area contributed by atoms with Crippen LogP contribution in [0, 0.1) is 0 Å². The van der Waals surface area contributed by atoms with Gasteiger partial charge in [-0.1, -0.05) is 36.4 Å². The molecule has 2 amide bonds. The van der Waals surface area contributed by atoms with Gasteiger partial charge in [-0.2, -0.15) is 0 Å². The minimum atomic E-state index is -0.288. The van der Waals surface area contributed by atoms with Gasteiger partial charge >= 0.3 is 0 Å². The number of para-hydroxylation sites is 2. The molecular formula is C24H17N3O2. The number of hydrogen-bond acceptors (Lipinski definition) is 2. The Morgan fingerprint density at radius 1 is 0.828 bits per heavy atom. The van der Waals surface area contributed by atoms with E-state index in [1.54, 1.807) is 0 Å². The van der Waals surface area contributed by atoms with Crippen LogP contribution in [0.4, 0.5) is 0 Å². The number of aryl methyl sites for hydroxylation is 1. The van der Waals surface area contributed by atoms with Crippen molar-refractivity contribution in [2.24, 2.45) is 0 Å². The second kappa shape index (κ2) is 4.87. The maximum absolute atomic E-state index is 13.0. The van der Waals surface area contributed by atoms with Crippen molar-refractivity contribution in [2.45, 2.75) is 25.9 Å². The summed E-state index contributed by atoms with van der Waals surface area (Å²) in [5.74, 6) is -0.576. The fraction of sp³-hybridized carbons (Fsp3) is 0.167. The third-order valence-electron chi connectivity index (χ3n) is 6.75. The van der Waals surface area contributed by atoms with Crippen LogP contribution in [-0.4, -0.2) is 20.9 Å². The highest BCUT2D eigenvalue weighted by atomic mass is 16.2. The van der Waals surface area contributed by atoms with Gasteiger partial charge in [-0.05, 0) is 25.5 Å². The van der Waals surface area contributed by atoms with Gasteiger partial charge in [0, 0.05) is 45.2 Å². The molecule has 2 aromatic heterocycles. The zero-order valence-electron chi connectivity index (χ0n) is 15.8. The molecular weight excluding hydrogens is 362 g/mol. The molecule has 0 fully saturated rings. The lowest BCUT2D eigenvalue weighted by Gasteiger charge is -2.14. The summed E-state index contributed by atoms with van der Waals surface area (Å²) < 4.78 is 4.73. The van der Waals surface area contributed by atoms with Crippen molar-refractivity contribution in [3.8, 4) is 0 Å². The Hall–Kier alpha value is -3.60. The molecule has 2 aliphatic rings. The van der Waals surface area contributed by atoms with E-state index >= 15 is 0 Å². The molecule has 5 aromatic rings. The number of hydrogen-bond donors (Lipinski definition) is 1. The van der Waals surface area contributed by atoms with Crippen molar-refractivity contribution in [1.29, 1.82) is 0 Å². The summed E-state index contributed by atoms with van der Waals surface area (Å²) in [6.07, 6.45) is 0.987. The number of benzene rings is 3. The van der Waals surface area contributed by atoms with Crippen molar-refractivity contribution in [3.63, 3.8) is 0 Å². The SMILES string of the molecule is CC1CCn2c3ccccc3c3c4c(c5c6ccccc6n1c5c32)C(=O)NC4=O. The molecule has 0 bridgehead atoms. The summed E-state index contributed by atoms with van der Waals surface area (Å²) in [4.78, 5) is 25.9. The van der Waals surface area contributed by atoms with Crippen molar-refractivity contribution in [3.05, 3.63) is 59.7 Å². The molecule has 0 aliphatic carbocycles. The van der Waals surface area contributed by atoms with Gasteiger partial charge in [0.25, 0.3) is 11.8 Å². The van der Waals surface area contributed by atoms with Crippen LogP contribution in [0.3, 0.4) is 0 Å². The Balaban J connectivity index is 1.95. The maximum Gasteiger partial charge on any atom is 0.259 e. The van der Waals surface area contributed by atoms with Gasteiger partial charge < -0.3 is 9.13 Å². The number of imide groups is 1. The van der Waals surface area contributed by atoms with E-state index in [-0.39, 0.29) is 17.9 Å². The Morgan fingerprint density at radius 2 is 1.41 bits per heavy atom. The average molecular weight is 379 g/mol. The molecule has 140 valence electrons. The van der Waals surface area contributed by atoms with Gasteiger partial charge in [-0.25, -0.2) is 0 Å². The fourth-order valence-corrected chi connectivity index (χ4v) is 5.62. The first-order valence-electron chi connectivity index (χ1n) is 10.0. The van der Waals surface area contributed by atoms with Gasteiger partial charge in [-0.3, -0.25) is 14.9 Å². The lowest BCUT2D eigenvalue weighted by Crippen LogP contribution is -2.20. The lowest BCUT2D eigenvalue weighted by molar-refractivity contribution is 0.0880. The number of nitrogens with zero attached hydrogens (tertiary/aromatic N) is 2. The van der Waals surface area contributed by atoms with Crippen LogP contribution in [0.2, 0.25) is 0 Å². The predicted octanol–water partition coefficient (Wildman–Crippen LogP) is 4.75. The van der Waals surface area contributed by atoms with Gasteiger partial charge in [0.05, 0.1) is 22.2 Å². The summed E-state index contributed by atoms with van der Waals surface area (Å²) in [6, 6.07) is 16.7. The first-order chi connectivity index (χ1) is 14.2. The average Bonchev–Trinajstić information content (AvgIpc) is 3.30. The van der Waals surface area contributed by atoms with Crippen LogP contribution in [0.1, 0.15) is 40.1 Å². The number of carbonyl (C=O) groups excluding carboxylic acids is 2. The smallest absolute Gasteiger partial charge is 0.259 e. The fourth-order valence-electron chi connectivity index (χ4n) is 5.62. The second-order valence-electron chi connectivity index (χ2n) is 8.17. The van der Waals surface area contributed by atoms with Gasteiger partial charge in [0.1, 0.15) is 0 Å². The molecule has 3 aromatic carbocycles. The number of fused-ring (bicyclic) bond motifs is 9. The Morgan fingerprint density at radius 3 is 2.14 bits per heavy atom. The molecule has 29 heavy (non-hydrogen) atoms. The first-order valence-corrected chi connectivity index (χ1v) is 10.0. The highest BCUT2D eigenvalue weighted by molar-refractivity contribution is 6.39. The number of nitrogens with one attached hydrogen (secondary N) is 1.